The second kappa shape index (κ2) is 8.86. The third-order valence-electron chi connectivity index (χ3n) is 4.14. The highest BCUT2D eigenvalue weighted by Gasteiger charge is 2.35. The number of carbonyl (C=O) groups is 1. The third kappa shape index (κ3) is 5.18. The van der Waals surface area contributed by atoms with Gasteiger partial charge in [-0.25, -0.2) is 9.37 Å². The number of ether oxygens (including phenoxy) is 1. The van der Waals surface area contributed by atoms with Gasteiger partial charge in [0.2, 0.25) is 5.95 Å². The highest BCUT2D eigenvalue weighted by atomic mass is 19.4. The maximum absolute atomic E-state index is 13.9. The molecular weight excluding hydrogens is 418 g/mol. The summed E-state index contributed by atoms with van der Waals surface area (Å²) in [6, 6.07) is 9.80. The van der Waals surface area contributed by atoms with E-state index in [0.29, 0.717) is 17.4 Å². The molecule has 0 fully saturated rings. The van der Waals surface area contributed by atoms with Crippen LogP contribution in [0.4, 0.5) is 40.7 Å². The maximum Gasteiger partial charge on any atom is 0.421 e. The molecule has 3 N–H and O–H groups in total. The fraction of sp³-hybridized carbons (Fsp3) is 0.150. The summed E-state index contributed by atoms with van der Waals surface area (Å²) in [6.45, 7) is 0. The zero-order chi connectivity index (χ0) is 22.6. The summed E-state index contributed by atoms with van der Waals surface area (Å²) in [7, 11) is 2.77. The third-order valence-corrected chi connectivity index (χ3v) is 4.14. The van der Waals surface area contributed by atoms with Crippen molar-refractivity contribution in [1.82, 2.24) is 15.3 Å². The van der Waals surface area contributed by atoms with Crippen molar-refractivity contribution in [2.75, 3.05) is 24.8 Å². The molecule has 2 aromatic carbocycles. The molecular formula is C20H17F4N5O2. The number of halogens is 4. The lowest BCUT2D eigenvalue weighted by Crippen LogP contribution is -2.17. The largest absolute Gasteiger partial charge is 0.494 e. The molecule has 0 bridgehead atoms. The van der Waals surface area contributed by atoms with Gasteiger partial charge < -0.3 is 20.7 Å². The van der Waals surface area contributed by atoms with E-state index < -0.39 is 23.4 Å². The number of alkyl halides is 3. The molecule has 0 aliphatic rings. The summed E-state index contributed by atoms with van der Waals surface area (Å²) in [5, 5.41) is 7.72. The van der Waals surface area contributed by atoms with Crippen LogP contribution in [0.2, 0.25) is 0 Å². The summed E-state index contributed by atoms with van der Waals surface area (Å²) in [4.78, 5) is 19.2. The number of rotatable bonds is 6. The van der Waals surface area contributed by atoms with E-state index in [1.54, 1.807) is 12.1 Å². The SMILES string of the molecule is CNC(=O)c1ccc(Nc2ncc(C(F)(F)F)c(Nc3ccc(OC)c(F)c3)n2)cc1. The van der Waals surface area contributed by atoms with E-state index in [-0.39, 0.29) is 23.3 Å². The van der Waals surface area contributed by atoms with Crippen LogP contribution in [-0.4, -0.2) is 30.0 Å². The molecule has 0 aliphatic heterocycles. The number of methoxy groups -OCH3 is 1. The highest BCUT2D eigenvalue weighted by molar-refractivity contribution is 5.94. The monoisotopic (exact) mass is 435 g/mol. The number of nitrogens with zero attached hydrogens (tertiary/aromatic N) is 2. The Morgan fingerprint density at radius 1 is 1.03 bits per heavy atom. The van der Waals surface area contributed by atoms with E-state index in [1.165, 1.54) is 38.4 Å². The lowest BCUT2D eigenvalue weighted by atomic mass is 10.2. The van der Waals surface area contributed by atoms with Gasteiger partial charge in [-0.15, -0.1) is 0 Å². The van der Waals surface area contributed by atoms with E-state index in [0.717, 1.165) is 6.07 Å². The lowest BCUT2D eigenvalue weighted by molar-refractivity contribution is -0.137. The van der Waals surface area contributed by atoms with Crippen LogP contribution >= 0.6 is 0 Å². The molecule has 0 saturated heterocycles. The number of benzene rings is 2. The Morgan fingerprint density at radius 2 is 1.71 bits per heavy atom. The average Bonchev–Trinajstić information content (AvgIpc) is 2.73. The zero-order valence-electron chi connectivity index (χ0n) is 16.3. The minimum Gasteiger partial charge on any atom is -0.494 e. The Bertz CT molecular complexity index is 1090. The van der Waals surface area contributed by atoms with Crippen LogP contribution < -0.4 is 20.7 Å². The van der Waals surface area contributed by atoms with E-state index >= 15 is 0 Å². The summed E-state index contributed by atoms with van der Waals surface area (Å²) < 4.78 is 58.9. The molecule has 31 heavy (non-hydrogen) atoms. The number of amides is 1. The molecule has 0 atom stereocenters. The molecule has 0 unspecified atom stereocenters. The van der Waals surface area contributed by atoms with Crippen molar-refractivity contribution in [2.45, 2.75) is 6.18 Å². The molecule has 0 aliphatic carbocycles. The van der Waals surface area contributed by atoms with Gasteiger partial charge in [0.25, 0.3) is 5.91 Å². The summed E-state index contributed by atoms with van der Waals surface area (Å²) in [6.07, 6.45) is -4.11. The van der Waals surface area contributed by atoms with Gasteiger partial charge in [0.1, 0.15) is 11.4 Å². The minimum absolute atomic E-state index is 0.0448. The fourth-order valence-electron chi connectivity index (χ4n) is 2.60. The second-order valence-electron chi connectivity index (χ2n) is 6.21. The van der Waals surface area contributed by atoms with Crippen molar-refractivity contribution < 1.29 is 27.1 Å². The normalized spacial score (nSPS) is 11.0. The fourth-order valence-corrected chi connectivity index (χ4v) is 2.60. The molecule has 3 rings (SSSR count). The zero-order valence-corrected chi connectivity index (χ0v) is 16.3. The molecule has 1 heterocycles. The molecule has 0 radical (unpaired) electrons. The van der Waals surface area contributed by atoms with Crippen molar-refractivity contribution in [2.24, 2.45) is 0 Å². The van der Waals surface area contributed by atoms with Crippen LogP contribution in [0.5, 0.6) is 5.75 Å². The van der Waals surface area contributed by atoms with Crippen molar-refractivity contribution in [3.05, 3.63) is 65.6 Å². The Hall–Kier alpha value is -3.89. The van der Waals surface area contributed by atoms with Crippen molar-refractivity contribution in [3.63, 3.8) is 0 Å². The van der Waals surface area contributed by atoms with Gasteiger partial charge in [-0.2, -0.15) is 18.2 Å². The first-order valence-corrected chi connectivity index (χ1v) is 8.85. The molecule has 1 amide bonds. The number of carbonyl (C=O) groups excluding carboxylic acids is 1. The summed E-state index contributed by atoms with van der Waals surface area (Å²) in [5.41, 5.74) is -0.216. The van der Waals surface area contributed by atoms with Crippen LogP contribution in [-0.2, 0) is 6.18 Å². The van der Waals surface area contributed by atoms with Crippen molar-refractivity contribution >= 4 is 29.0 Å². The topological polar surface area (TPSA) is 88.2 Å². The van der Waals surface area contributed by atoms with Crippen molar-refractivity contribution in [3.8, 4) is 5.75 Å². The van der Waals surface area contributed by atoms with E-state index in [4.69, 9.17) is 4.74 Å². The Kier molecular flexibility index (Phi) is 6.23. The van der Waals surface area contributed by atoms with Gasteiger partial charge in [-0.1, -0.05) is 0 Å². The minimum atomic E-state index is -4.74. The molecule has 0 spiro atoms. The van der Waals surface area contributed by atoms with Crippen LogP contribution in [0.25, 0.3) is 0 Å². The predicted molar refractivity (Wildman–Crippen MR) is 106 cm³/mol. The van der Waals surface area contributed by atoms with Gasteiger partial charge in [-0.3, -0.25) is 4.79 Å². The molecule has 0 saturated carbocycles. The Morgan fingerprint density at radius 3 is 2.29 bits per heavy atom. The van der Waals surface area contributed by atoms with E-state index in [2.05, 4.69) is 25.9 Å². The van der Waals surface area contributed by atoms with Gasteiger partial charge in [0.05, 0.1) is 7.11 Å². The van der Waals surface area contributed by atoms with Crippen LogP contribution in [0.3, 0.4) is 0 Å². The van der Waals surface area contributed by atoms with Crippen LogP contribution in [0.1, 0.15) is 15.9 Å². The van der Waals surface area contributed by atoms with Gasteiger partial charge in [0.15, 0.2) is 11.6 Å². The maximum atomic E-state index is 13.9. The first-order chi connectivity index (χ1) is 14.7. The molecule has 7 nitrogen and oxygen atoms in total. The number of anilines is 4. The smallest absolute Gasteiger partial charge is 0.421 e. The molecule has 1 aromatic heterocycles. The van der Waals surface area contributed by atoms with E-state index in [9.17, 15) is 22.4 Å². The molecule has 3 aromatic rings. The Balaban J connectivity index is 1.90. The predicted octanol–water partition coefficient (Wildman–Crippen LogP) is 4.49. The first-order valence-electron chi connectivity index (χ1n) is 8.85. The standard InChI is InChI=1S/C20H17F4N5O2/c1-25-18(30)11-3-5-12(6-4-11)28-19-26-10-14(20(22,23)24)17(29-19)27-13-7-8-16(31-2)15(21)9-13/h3-10H,1-2H3,(H,25,30)(H2,26,27,28,29). The van der Waals surface area contributed by atoms with E-state index in [1.807, 2.05) is 0 Å². The lowest BCUT2D eigenvalue weighted by Gasteiger charge is -2.15. The van der Waals surface area contributed by atoms with Gasteiger partial charge >= 0.3 is 6.18 Å². The quantitative estimate of drug-likeness (QED) is 0.495. The molecule has 11 heteroatoms. The summed E-state index contributed by atoms with van der Waals surface area (Å²) in [5.74, 6) is -1.76. The summed E-state index contributed by atoms with van der Waals surface area (Å²) >= 11 is 0. The first kappa shape index (κ1) is 21.8. The van der Waals surface area contributed by atoms with Crippen molar-refractivity contribution in [1.29, 1.82) is 0 Å². The average molecular weight is 435 g/mol. The second-order valence-corrected chi connectivity index (χ2v) is 6.21. The number of hydrogen-bond acceptors (Lipinski definition) is 6. The van der Waals surface area contributed by atoms with Crippen LogP contribution in [0.15, 0.2) is 48.7 Å². The Labute approximate surface area is 174 Å². The number of aromatic nitrogens is 2. The number of hydrogen-bond donors (Lipinski definition) is 3. The highest BCUT2D eigenvalue weighted by Crippen LogP contribution is 2.35. The van der Waals surface area contributed by atoms with Crippen LogP contribution in [0, 0.1) is 5.82 Å². The van der Waals surface area contributed by atoms with Gasteiger partial charge in [-0.05, 0) is 36.4 Å². The number of nitrogens with one attached hydrogen (secondary N) is 3. The van der Waals surface area contributed by atoms with Gasteiger partial charge in [0, 0.05) is 36.2 Å². The molecule has 162 valence electrons.